The van der Waals surface area contributed by atoms with E-state index in [2.05, 4.69) is 21.2 Å². The first kappa shape index (κ1) is 16.7. The van der Waals surface area contributed by atoms with Gasteiger partial charge in [-0.05, 0) is 58.6 Å². The van der Waals surface area contributed by atoms with Gasteiger partial charge in [0.25, 0.3) is 5.91 Å². The van der Waals surface area contributed by atoms with Gasteiger partial charge in [0.2, 0.25) is 5.91 Å². The van der Waals surface area contributed by atoms with Gasteiger partial charge in [-0.1, -0.05) is 25.1 Å². The van der Waals surface area contributed by atoms with Crippen molar-refractivity contribution in [2.24, 2.45) is 0 Å². The zero-order valence-electron chi connectivity index (χ0n) is 13.5. The van der Waals surface area contributed by atoms with Gasteiger partial charge in [-0.3, -0.25) is 9.59 Å². The van der Waals surface area contributed by atoms with Crippen molar-refractivity contribution in [3.05, 3.63) is 58.1 Å². The van der Waals surface area contributed by atoms with Crippen LogP contribution in [-0.4, -0.2) is 18.4 Å². The highest BCUT2D eigenvalue weighted by Gasteiger charge is 2.22. The van der Waals surface area contributed by atoms with Crippen LogP contribution in [-0.2, 0) is 11.2 Å². The first-order valence-corrected chi connectivity index (χ1v) is 8.88. The molecule has 2 amide bonds. The largest absolute Gasteiger partial charge is 0.322 e. The normalized spacial score (nSPS) is 13.3. The Balaban J connectivity index is 1.87. The van der Waals surface area contributed by atoms with Crippen LogP contribution in [0, 0.1) is 0 Å². The van der Waals surface area contributed by atoms with Crippen molar-refractivity contribution >= 4 is 39.1 Å². The molecule has 0 atom stereocenters. The Hall–Kier alpha value is -2.14. The van der Waals surface area contributed by atoms with Crippen molar-refractivity contribution in [1.82, 2.24) is 0 Å². The predicted octanol–water partition coefficient (Wildman–Crippen LogP) is 4.39. The lowest BCUT2D eigenvalue weighted by Gasteiger charge is -2.29. The molecule has 0 saturated carbocycles. The monoisotopic (exact) mass is 386 g/mol. The fraction of sp³-hybridized carbons (Fsp3) is 0.263. The lowest BCUT2D eigenvalue weighted by atomic mass is 10.0. The number of nitrogens with one attached hydrogen (secondary N) is 1. The molecule has 0 bridgehead atoms. The minimum Gasteiger partial charge on any atom is -0.322 e. The zero-order chi connectivity index (χ0) is 17.1. The molecule has 0 fully saturated rings. The van der Waals surface area contributed by atoms with Gasteiger partial charge in [0.1, 0.15) is 0 Å². The van der Waals surface area contributed by atoms with Gasteiger partial charge in [-0.25, -0.2) is 0 Å². The summed E-state index contributed by atoms with van der Waals surface area (Å²) in [5.74, 6) is -0.0585. The van der Waals surface area contributed by atoms with E-state index in [-0.39, 0.29) is 11.8 Å². The van der Waals surface area contributed by atoms with Crippen LogP contribution in [0.5, 0.6) is 0 Å². The van der Waals surface area contributed by atoms with Crippen molar-refractivity contribution < 1.29 is 9.59 Å². The second kappa shape index (κ2) is 7.18. The van der Waals surface area contributed by atoms with Crippen LogP contribution in [0.1, 0.15) is 35.7 Å². The van der Waals surface area contributed by atoms with E-state index in [9.17, 15) is 9.59 Å². The van der Waals surface area contributed by atoms with Gasteiger partial charge in [0.05, 0.1) is 5.56 Å². The van der Waals surface area contributed by atoms with Crippen LogP contribution in [0.25, 0.3) is 0 Å². The number of anilines is 2. The van der Waals surface area contributed by atoms with Crippen molar-refractivity contribution in [1.29, 1.82) is 0 Å². The van der Waals surface area contributed by atoms with Crippen LogP contribution in [0.3, 0.4) is 0 Å². The van der Waals surface area contributed by atoms with E-state index in [0.29, 0.717) is 17.7 Å². The quantitative estimate of drug-likeness (QED) is 0.849. The fourth-order valence-corrected chi connectivity index (χ4v) is 3.41. The minimum absolute atomic E-state index is 0.116. The number of fused-ring (bicyclic) bond motifs is 1. The first-order chi connectivity index (χ1) is 11.6. The van der Waals surface area contributed by atoms with E-state index in [1.165, 1.54) is 0 Å². The molecule has 5 heteroatoms. The van der Waals surface area contributed by atoms with Crippen LogP contribution < -0.4 is 10.2 Å². The van der Waals surface area contributed by atoms with Crippen LogP contribution in [0.4, 0.5) is 11.4 Å². The molecule has 1 heterocycles. The van der Waals surface area contributed by atoms with E-state index in [4.69, 9.17) is 0 Å². The summed E-state index contributed by atoms with van der Waals surface area (Å²) >= 11 is 3.39. The summed E-state index contributed by atoms with van der Waals surface area (Å²) < 4.78 is 0.753. The van der Waals surface area contributed by atoms with Gasteiger partial charge in [-0.2, -0.15) is 0 Å². The molecule has 1 N–H and O–H groups in total. The highest BCUT2D eigenvalue weighted by atomic mass is 79.9. The van der Waals surface area contributed by atoms with Gasteiger partial charge in [-0.15, -0.1) is 0 Å². The third kappa shape index (κ3) is 3.36. The molecule has 4 nitrogen and oxygen atoms in total. The molecule has 1 aliphatic rings. The highest BCUT2D eigenvalue weighted by Crippen LogP contribution is 2.31. The molecule has 0 radical (unpaired) electrons. The Morgan fingerprint density at radius 3 is 2.75 bits per heavy atom. The topological polar surface area (TPSA) is 49.4 Å². The number of hydrogen-bond acceptors (Lipinski definition) is 2. The summed E-state index contributed by atoms with van der Waals surface area (Å²) in [4.78, 5) is 26.4. The third-order valence-electron chi connectivity index (χ3n) is 4.18. The smallest absolute Gasteiger partial charge is 0.256 e. The van der Waals surface area contributed by atoms with Crippen LogP contribution in [0.2, 0.25) is 0 Å². The SMILES string of the molecule is CCC(=O)N1CCCc2ccc(NC(=O)c3ccccc3Br)cc21. The number of benzene rings is 2. The lowest BCUT2D eigenvalue weighted by Crippen LogP contribution is -2.35. The van der Waals surface area contributed by atoms with E-state index in [1.807, 2.05) is 48.2 Å². The van der Waals surface area contributed by atoms with E-state index in [0.717, 1.165) is 35.1 Å². The summed E-state index contributed by atoms with van der Waals surface area (Å²) in [6.45, 7) is 2.61. The van der Waals surface area contributed by atoms with Gasteiger partial charge >= 0.3 is 0 Å². The van der Waals surface area contributed by atoms with Crippen molar-refractivity contribution in [2.75, 3.05) is 16.8 Å². The summed E-state index contributed by atoms with van der Waals surface area (Å²) in [6.07, 6.45) is 2.41. The fourth-order valence-electron chi connectivity index (χ4n) is 2.95. The number of carbonyl (C=O) groups is 2. The molecule has 124 valence electrons. The Morgan fingerprint density at radius 1 is 1.21 bits per heavy atom. The summed E-state index contributed by atoms with van der Waals surface area (Å²) in [5.41, 5.74) is 3.35. The van der Waals surface area contributed by atoms with Crippen molar-refractivity contribution in [3.63, 3.8) is 0 Å². The number of hydrogen-bond donors (Lipinski definition) is 1. The first-order valence-electron chi connectivity index (χ1n) is 8.09. The molecule has 0 aliphatic carbocycles. The highest BCUT2D eigenvalue weighted by molar-refractivity contribution is 9.10. The standard InChI is InChI=1S/C19H19BrN2O2/c1-2-18(23)22-11-5-6-13-9-10-14(12-17(13)22)21-19(24)15-7-3-4-8-16(15)20/h3-4,7-10,12H,2,5-6,11H2,1H3,(H,21,24). The van der Waals surface area contributed by atoms with Crippen molar-refractivity contribution in [2.45, 2.75) is 26.2 Å². The lowest BCUT2D eigenvalue weighted by molar-refractivity contribution is -0.118. The molecule has 24 heavy (non-hydrogen) atoms. The average Bonchev–Trinajstić information content (AvgIpc) is 2.60. The third-order valence-corrected chi connectivity index (χ3v) is 4.88. The Labute approximate surface area is 150 Å². The molecule has 0 spiro atoms. The molecule has 0 saturated heterocycles. The summed E-state index contributed by atoms with van der Waals surface area (Å²) in [5, 5.41) is 2.92. The molecular weight excluding hydrogens is 368 g/mol. The predicted molar refractivity (Wildman–Crippen MR) is 99.5 cm³/mol. The number of carbonyl (C=O) groups excluding carboxylic acids is 2. The number of rotatable bonds is 3. The molecule has 0 aromatic heterocycles. The Morgan fingerprint density at radius 2 is 2.00 bits per heavy atom. The maximum absolute atomic E-state index is 12.5. The number of aryl methyl sites for hydroxylation is 1. The van der Waals surface area contributed by atoms with E-state index in [1.54, 1.807) is 6.07 Å². The summed E-state index contributed by atoms with van der Waals surface area (Å²) in [7, 11) is 0. The average molecular weight is 387 g/mol. The molecule has 2 aromatic rings. The number of nitrogens with zero attached hydrogens (tertiary/aromatic N) is 1. The molecule has 1 aliphatic heterocycles. The van der Waals surface area contributed by atoms with E-state index >= 15 is 0 Å². The van der Waals surface area contributed by atoms with Crippen LogP contribution in [0.15, 0.2) is 46.9 Å². The molecule has 2 aromatic carbocycles. The van der Waals surface area contributed by atoms with Crippen LogP contribution >= 0.6 is 15.9 Å². The maximum atomic E-state index is 12.5. The Bertz CT molecular complexity index is 789. The van der Waals surface area contributed by atoms with Gasteiger partial charge in [0, 0.05) is 28.8 Å². The second-order valence-corrected chi connectivity index (χ2v) is 6.63. The molecular formula is C19H19BrN2O2. The molecule has 0 unspecified atom stereocenters. The second-order valence-electron chi connectivity index (χ2n) is 5.78. The number of amides is 2. The van der Waals surface area contributed by atoms with Gasteiger partial charge < -0.3 is 10.2 Å². The van der Waals surface area contributed by atoms with E-state index < -0.39 is 0 Å². The number of halogens is 1. The minimum atomic E-state index is -0.174. The maximum Gasteiger partial charge on any atom is 0.256 e. The zero-order valence-corrected chi connectivity index (χ0v) is 15.1. The Kier molecular flexibility index (Phi) is 5.00. The van der Waals surface area contributed by atoms with Gasteiger partial charge in [0.15, 0.2) is 0 Å². The van der Waals surface area contributed by atoms with Crippen molar-refractivity contribution in [3.8, 4) is 0 Å². The molecule has 3 rings (SSSR count). The summed E-state index contributed by atoms with van der Waals surface area (Å²) in [6, 6.07) is 13.1.